The van der Waals surface area contributed by atoms with Crippen LogP contribution in [-0.2, 0) is 6.42 Å². The van der Waals surface area contributed by atoms with Crippen molar-refractivity contribution in [1.29, 1.82) is 0 Å². The number of benzene rings is 1. The summed E-state index contributed by atoms with van der Waals surface area (Å²) in [6.07, 6.45) is 0.419. The van der Waals surface area contributed by atoms with Gasteiger partial charge in [-0.05, 0) is 17.1 Å². The highest BCUT2D eigenvalue weighted by Gasteiger charge is 2.23. The molecular formula is C9H11BO4. The van der Waals surface area contributed by atoms with Crippen LogP contribution in [0.1, 0.15) is 5.56 Å². The lowest BCUT2D eigenvalue weighted by atomic mass is 9.79. The Labute approximate surface area is 81.9 Å². The first kappa shape index (κ1) is 9.52. The molecule has 0 saturated carbocycles. The Morgan fingerprint density at radius 2 is 2.21 bits per heavy atom. The molecule has 0 aromatic heterocycles. The Kier molecular flexibility index (Phi) is 2.45. The topological polar surface area (TPSA) is 69.9 Å². The van der Waals surface area contributed by atoms with Crippen molar-refractivity contribution < 1.29 is 19.9 Å². The molecular weight excluding hydrogens is 183 g/mol. The molecule has 2 rings (SSSR count). The van der Waals surface area contributed by atoms with Gasteiger partial charge < -0.3 is 19.9 Å². The summed E-state index contributed by atoms with van der Waals surface area (Å²) in [5, 5.41) is 26.8. The summed E-state index contributed by atoms with van der Waals surface area (Å²) >= 11 is 0. The molecule has 0 radical (unpaired) electrons. The van der Waals surface area contributed by atoms with Gasteiger partial charge in [-0.2, -0.15) is 0 Å². The lowest BCUT2D eigenvalue weighted by Crippen LogP contribution is -2.29. The second kappa shape index (κ2) is 3.61. The van der Waals surface area contributed by atoms with Crippen LogP contribution in [0.4, 0.5) is 0 Å². The molecule has 0 amide bonds. The minimum Gasteiger partial charge on any atom is -0.487 e. The first-order valence-electron chi connectivity index (χ1n) is 4.47. The zero-order chi connectivity index (χ0) is 10.1. The Morgan fingerprint density at radius 3 is 2.86 bits per heavy atom. The molecule has 74 valence electrons. The van der Waals surface area contributed by atoms with Gasteiger partial charge in [0.2, 0.25) is 0 Å². The van der Waals surface area contributed by atoms with Crippen LogP contribution >= 0.6 is 0 Å². The molecule has 3 N–H and O–H groups in total. The van der Waals surface area contributed by atoms with Crippen LogP contribution in [0.25, 0.3) is 0 Å². The van der Waals surface area contributed by atoms with Crippen LogP contribution in [-0.4, -0.2) is 35.0 Å². The summed E-state index contributed by atoms with van der Waals surface area (Å²) in [6, 6.07) is 4.98. The molecule has 4 nitrogen and oxygen atoms in total. The number of fused-ring (bicyclic) bond motifs is 1. The summed E-state index contributed by atoms with van der Waals surface area (Å²) < 4.78 is 5.38. The van der Waals surface area contributed by atoms with Crippen LogP contribution in [0, 0.1) is 0 Å². The van der Waals surface area contributed by atoms with E-state index in [0.29, 0.717) is 17.6 Å². The van der Waals surface area contributed by atoms with Gasteiger partial charge in [-0.1, -0.05) is 12.1 Å². The summed E-state index contributed by atoms with van der Waals surface area (Å²) in [5.41, 5.74) is 1.36. The first-order valence-corrected chi connectivity index (χ1v) is 4.47. The van der Waals surface area contributed by atoms with Gasteiger partial charge in [-0.15, -0.1) is 0 Å². The number of aliphatic hydroxyl groups excluding tert-OH is 1. The van der Waals surface area contributed by atoms with E-state index in [-0.39, 0.29) is 12.7 Å². The molecule has 1 aliphatic heterocycles. The molecule has 1 aliphatic rings. The van der Waals surface area contributed by atoms with E-state index in [9.17, 15) is 0 Å². The molecule has 0 fully saturated rings. The van der Waals surface area contributed by atoms with Crippen LogP contribution in [0.2, 0.25) is 0 Å². The normalized spacial score (nSPS) is 18.9. The summed E-state index contributed by atoms with van der Waals surface area (Å²) in [4.78, 5) is 0. The van der Waals surface area contributed by atoms with Gasteiger partial charge in [-0.25, -0.2) is 0 Å². The van der Waals surface area contributed by atoms with E-state index in [0.717, 1.165) is 5.56 Å². The van der Waals surface area contributed by atoms with E-state index in [1.54, 1.807) is 18.2 Å². The molecule has 14 heavy (non-hydrogen) atoms. The molecule has 0 saturated heterocycles. The van der Waals surface area contributed by atoms with E-state index < -0.39 is 7.12 Å². The van der Waals surface area contributed by atoms with Gasteiger partial charge in [0.25, 0.3) is 0 Å². The fourth-order valence-corrected chi connectivity index (χ4v) is 1.60. The summed E-state index contributed by atoms with van der Waals surface area (Å²) in [6.45, 7) is -0.0221. The standard InChI is InChI=1S/C9H11BO4/c11-5-8-4-6-3-7(10(12)13)1-2-9(6)14-8/h1-3,8,11-13H,4-5H2. The van der Waals surface area contributed by atoms with Gasteiger partial charge in [0.05, 0.1) is 6.61 Å². The van der Waals surface area contributed by atoms with Gasteiger partial charge in [0, 0.05) is 6.42 Å². The van der Waals surface area contributed by atoms with Gasteiger partial charge in [0.15, 0.2) is 0 Å². The first-order chi connectivity index (χ1) is 6.70. The predicted molar refractivity (Wildman–Crippen MR) is 51.5 cm³/mol. The zero-order valence-electron chi connectivity index (χ0n) is 7.55. The fourth-order valence-electron chi connectivity index (χ4n) is 1.60. The van der Waals surface area contributed by atoms with Crippen LogP contribution in [0.5, 0.6) is 5.75 Å². The lowest BCUT2D eigenvalue weighted by Gasteiger charge is -2.05. The van der Waals surface area contributed by atoms with E-state index in [2.05, 4.69) is 0 Å². The zero-order valence-corrected chi connectivity index (χ0v) is 7.55. The number of ether oxygens (including phenoxy) is 1. The highest BCUT2D eigenvalue weighted by Crippen LogP contribution is 2.27. The molecule has 1 aromatic rings. The fraction of sp³-hybridized carbons (Fsp3) is 0.333. The van der Waals surface area contributed by atoms with Gasteiger partial charge >= 0.3 is 7.12 Å². The summed E-state index contributed by atoms with van der Waals surface area (Å²) in [5.74, 6) is 0.716. The van der Waals surface area contributed by atoms with Crippen LogP contribution in [0.15, 0.2) is 18.2 Å². The minimum absolute atomic E-state index is 0.0221. The van der Waals surface area contributed by atoms with Crippen LogP contribution in [0.3, 0.4) is 0 Å². The van der Waals surface area contributed by atoms with E-state index in [1.807, 2.05) is 0 Å². The maximum atomic E-state index is 8.94. The van der Waals surface area contributed by atoms with Crippen LogP contribution < -0.4 is 10.2 Å². The second-order valence-electron chi connectivity index (χ2n) is 3.37. The van der Waals surface area contributed by atoms with Crippen molar-refractivity contribution in [3.63, 3.8) is 0 Å². The van der Waals surface area contributed by atoms with Crippen molar-refractivity contribution in [1.82, 2.24) is 0 Å². The largest absolute Gasteiger partial charge is 0.488 e. The van der Waals surface area contributed by atoms with Crippen molar-refractivity contribution in [3.05, 3.63) is 23.8 Å². The van der Waals surface area contributed by atoms with Crippen molar-refractivity contribution in [2.24, 2.45) is 0 Å². The molecule has 0 aliphatic carbocycles. The number of rotatable bonds is 2. The van der Waals surface area contributed by atoms with Gasteiger partial charge in [-0.3, -0.25) is 0 Å². The third-order valence-corrected chi connectivity index (χ3v) is 2.33. The highest BCUT2D eigenvalue weighted by atomic mass is 16.5. The molecule has 1 atom stereocenters. The Hall–Kier alpha value is -1.04. The summed E-state index contributed by atoms with van der Waals surface area (Å²) in [7, 11) is -1.45. The third-order valence-electron chi connectivity index (χ3n) is 2.33. The average molecular weight is 194 g/mol. The number of hydrogen-bond acceptors (Lipinski definition) is 4. The van der Waals surface area contributed by atoms with Crippen molar-refractivity contribution in [2.75, 3.05) is 6.61 Å². The molecule has 1 unspecified atom stereocenters. The molecule has 1 aromatic carbocycles. The van der Waals surface area contributed by atoms with Crippen molar-refractivity contribution in [3.8, 4) is 5.75 Å². The van der Waals surface area contributed by atoms with E-state index in [1.165, 1.54) is 0 Å². The Bertz CT molecular complexity index is 340. The smallest absolute Gasteiger partial charge is 0.487 e. The lowest BCUT2D eigenvalue weighted by molar-refractivity contribution is 0.134. The van der Waals surface area contributed by atoms with E-state index >= 15 is 0 Å². The van der Waals surface area contributed by atoms with Gasteiger partial charge in [0.1, 0.15) is 11.9 Å². The van der Waals surface area contributed by atoms with Crippen molar-refractivity contribution >= 4 is 12.6 Å². The number of aliphatic hydroxyl groups is 1. The predicted octanol–water partition coefficient (Wildman–Crippen LogP) is -1.34. The molecule has 1 heterocycles. The SMILES string of the molecule is OCC1Cc2cc(B(O)O)ccc2O1. The molecule has 5 heteroatoms. The number of hydrogen-bond donors (Lipinski definition) is 3. The Morgan fingerprint density at radius 1 is 1.43 bits per heavy atom. The average Bonchev–Trinajstić information content (AvgIpc) is 2.58. The third kappa shape index (κ3) is 1.62. The maximum absolute atomic E-state index is 8.94. The van der Waals surface area contributed by atoms with Crippen molar-refractivity contribution in [2.45, 2.75) is 12.5 Å². The quantitative estimate of drug-likeness (QED) is 0.509. The highest BCUT2D eigenvalue weighted by molar-refractivity contribution is 6.58. The maximum Gasteiger partial charge on any atom is 0.488 e. The minimum atomic E-state index is -1.45. The second-order valence-corrected chi connectivity index (χ2v) is 3.37. The monoisotopic (exact) mass is 194 g/mol. The molecule has 0 spiro atoms. The van der Waals surface area contributed by atoms with E-state index in [4.69, 9.17) is 19.9 Å². The Balaban J connectivity index is 2.26. The molecule has 0 bridgehead atoms.